The van der Waals surface area contributed by atoms with E-state index in [1.54, 1.807) is 32.4 Å². The summed E-state index contributed by atoms with van der Waals surface area (Å²) in [6.07, 6.45) is 2.69. The van der Waals surface area contributed by atoms with Gasteiger partial charge in [-0.3, -0.25) is 4.79 Å². The molecule has 2 aromatic rings. The van der Waals surface area contributed by atoms with Crippen LogP contribution in [0.4, 0.5) is 4.39 Å². The molecule has 2 aromatic carbocycles. The number of cyclic esters (lactones) is 1. The molecule has 8 heteroatoms. The molecule has 0 radical (unpaired) electrons. The first-order valence-electron chi connectivity index (χ1n) is 12.1. The van der Waals surface area contributed by atoms with E-state index in [9.17, 15) is 14.3 Å². The van der Waals surface area contributed by atoms with Crippen LogP contribution in [0.2, 0.25) is 0 Å². The molecule has 1 heterocycles. The maximum atomic E-state index is 13.8. The molecule has 1 aliphatic heterocycles. The summed E-state index contributed by atoms with van der Waals surface area (Å²) in [5.74, 6) is 0.383. The average molecular weight is 503 g/mol. The molecule has 36 heavy (non-hydrogen) atoms. The molecule has 0 bridgehead atoms. The summed E-state index contributed by atoms with van der Waals surface area (Å²) in [7, 11) is 3.18. The minimum atomic E-state index is -0.738. The maximum absolute atomic E-state index is 13.8. The van der Waals surface area contributed by atoms with Crippen molar-refractivity contribution < 1.29 is 38.0 Å². The summed E-state index contributed by atoms with van der Waals surface area (Å²) in [6, 6.07) is 8.11. The van der Waals surface area contributed by atoms with E-state index >= 15 is 0 Å². The van der Waals surface area contributed by atoms with E-state index in [1.807, 2.05) is 12.1 Å². The minimum Gasteiger partial charge on any atom is -0.492 e. The standard InChI is InChI=1S/C28H35FO7/c1-18(2)24-17-25(35-14-13-34-12-11-32-3)28(33-4)27(19-5-7-20(29)8-6-19)23(24)10-9-22-15-21(30)16-26(31)36-22/h5-10,17-18,21-22,30H,11-16H2,1-4H3/b10-9+. The number of methoxy groups -OCH3 is 2. The first-order chi connectivity index (χ1) is 17.3. The average Bonchev–Trinajstić information content (AvgIpc) is 2.84. The van der Waals surface area contributed by atoms with Crippen molar-refractivity contribution in [2.75, 3.05) is 40.6 Å². The first-order valence-corrected chi connectivity index (χ1v) is 12.1. The lowest BCUT2D eigenvalue weighted by Crippen LogP contribution is -2.31. The Kier molecular flexibility index (Phi) is 10.3. The van der Waals surface area contributed by atoms with Crippen molar-refractivity contribution in [3.63, 3.8) is 0 Å². The Morgan fingerprint density at radius 1 is 1.14 bits per heavy atom. The molecule has 3 rings (SSSR count). The van der Waals surface area contributed by atoms with Crippen LogP contribution < -0.4 is 9.47 Å². The van der Waals surface area contributed by atoms with E-state index in [-0.39, 0.29) is 18.2 Å². The van der Waals surface area contributed by atoms with E-state index in [0.29, 0.717) is 44.3 Å². The molecule has 2 atom stereocenters. The molecule has 0 saturated carbocycles. The van der Waals surface area contributed by atoms with Crippen molar-refractivity contribution in [1.29, 1.82) is 0 Å². The monoisotopic (exact) mass is 502 g/mol. The molecule has 196 valence electrons. The summed E-state index contributed by atoms with van der Waals surface area (Å²) in [6.45, 7) is 5.80. The van der Waals surface area contributed by atoms with Crippen LogP contribution in [0.5, 0.6) is 11.5 Å². The molecule has 1 fully saturated rings. The second-order valence-corrected chi connectivity index (χ2v) is 8.88. The fraction of sp³-hybridized carbons (Fsp3) is 0.464. The van der Waals surface area contributed by atoms with Crippen LogP contribution in [-0.4, -0.2) is 63.9 Å². The van der Waals surface area contributed by atoms with Crippen LogP contribution in [0.25, 0.3) is 17.2 Å². The molecular formula is C28H35FO7. The van der Waals surface area contributed by atoms with E-state index in [2.05, 4.69) is 13.8 Å². The van der Waals surface area contributed by atoms with Crippen molar-refractivity contribution in [3.8, 4) is 22.6 Å². The summed E-state index contributed by atoms with van der Waals surface area (Å²) in [5, 5.41) is 9.99. The van der Waals surface area contributed by atoms with Gasteiger partial charge in [0, 0.05) is 19.1 Å². The summed E-state index contributed by atoms with van der Waals surface area (Å²) < 4.78 is 41.6. The Hall–Kier alpha value is -2.94. The van der Waals surface area contributed by atoms with E-state index in [4.69, 9.17) is 23.7 Å². The quantitative estimate of drug-likeness (QED) is 0.331. The van der Waals surface area contributed by atoms with Gasteiger partial charge in [-0.1, -0.05) is 32.1 Å². The van der Waals surface area contributed by atoms with Crippen LogP contribution in [0.1, 0.15) is 43.7 Å². The Balaban J connectivity index is 2.05. The highest BCUT2D eigenvalue weighted by Gasteiger charge is 2.26. The topological polar surface area (TPSA) is 83.5 Å². The molecule has 0 aromatic heterocycles. The number of halogens is 1. The van der Waals surface area contributed by atoms with Crippen molar-refractivity contribution >= 4 is 12.0 Å². The molecule has 0 spiro atoms. The zero-order chi connectivity index (χ0) is 26.1. The molecule has 2 unspecified atom stereocenters. The Morgan fingerprint density at radius 2 is 1.86 bits per heavy atom. The van der Waals surface area contributed by atoms with Crippen LogP contribution in [-0.2, 0) is 19.0 Å². The largest absolute Gasteiger partial charge is 0.492 e. The normalized spacial score (nSPS) is 18.0. The highest BCUT2D eigenvalue weighted by Crippen LogP contribution is 2.45. The minimum absolute atomic E-state index is 0.00252. The Morgan fingerprint density at radius 3 is 2.50 bits per heavy atom. The third kappa shape index (κ3) is 7.29. The number of hydrogen-bond donors (Lipinski definition) is 1. The van der Waals surface area contributed by atoms with Gasteiger partial charge in [0.2, 0.25) is 0 Å². The number of rotatable bonds is 12. The number of carbonyl (C=O) groups is 1. The van der Waals surface area contributed by atoms with Crippen molar-refractivity contribution in [2.24, 2.45) is 0 Å². The van der Waals surface area contributed by atoms with Crippen LogP contribution in [0, 0.1) is 5.82 Å². The zero-order valence-corrected chi connectivity index (χ0v) is 21.3. The van der Waals surface area contributed by atoms with Gasteiger partial charge < -0.3 is 28.8 Å². The number of esters is 1. The van der Waals surface area contributed by atoms with Gasteiger partial charge in [0.05, 0.1) is 39.5 Å². The lowest BCUT2D eigenvalue weighted by molar-refractivity contribution is -0.156. The lowest BCUT2D eigenvalue weighted by Gasteiger charge is -2.25. The van der Waals surface area contributed by atoms with E-state index < -0.39 is 18.2 Å². The van der Waals surface area contributed by atoms with Gasteiger partial charge in [-0.05, 0) is 46.9 Å². The fourth-order valence-electron chi connectivity index (χ4n) is 4.13. The van der Waals surface area contributed by atoms with Crippen molar-refractivity contribution in [2.45, 2.75) is 44.8 Å². The van der Waals surface area contributed by atoms with E-state index in [1.165, 1.54) is 12.1 Å². The number of ether oxygens (including phenoxy) is 5. The zero-order valence-electron chi connectivity index (χ0n) is 21.3. The Bertz CT molecular complexity index is 1030. The highest BCUT2D eigenvalue weighted by molar-refractivity contribution is 5.85. The van der Waals surface area contributed by atoms with Gasteiger partial charge in [0.25, 0.3) is 0 Å². The fourth-order valence-corrected chi connectivity index (χ4v) is 4.13. The number of benzene rings is 2. The van der Waals surface area contributed by atoms with Gasteiger partial charge in [-0.25, -0.2) is 4.39 Å². The third-order valence-corrected chi connectivity index (χ3v) is 5.86. The molecule has 1 aliphatic rings. The van der Waals surface area contributed by atoms with Gasteiger partial charge >= 0.3 is 5.97 Å². The smallest absolute Gasteiger partial charge is 0.309 e. The van der Waals surface area contributed by atoms with Gasteiger partial charge in [-0.2, -0.15) is 0 Å². The van der Waals surface area contributed by atoms with Crippen molar-refractivity contribution in [1.82, 2.24) is 0 Å². The summed E-state index contributed by atoms with van der Waals surface area (Å²) >= 11 is 0. The number of aliphatic hydroxyl groups excluding tert-OH is 1. The van der Waals surface area contributed by atoms with Gasteiger partial charge in [0.1, 0.15) is 18.5 Å². The van der Waals surface area contributed by atoms with Crippen LogP contribution in [0.15, 0.2) is 36.4 Å². The molecular weight excluding hydrogens is 467 g/mol. The molecule has 7 nitrogen and oxygen atoms in total. The third-order valence-electron chi connectivity index (χ3n) is 5.86. The number of aliphatic hydroxyl groups is 1. The molecule has 1 N–H and O–H groups in total. The van der Waals surface area contributed by atoms with Crippen molar-refractivity contribution in [3.05, 3.63) is 53.4 Å². The number of carbonyl (C=O) groups excluding carboxylic acids is 1. The molecule has 0 aliphatic carbocycles. The highest BCUT2D eigenvalue weighted by atomic mass is 19.1. The number of hydrogen-bond acceptors (Lipinski definition) is 7. The predicted molar refractivity (Wildman–Crippen MR) is 135 cm³/mol. The van der Waals surface area contributed by atoms with Crippen LogP contribution in [0.3, 0.4) is 0 Å². The second kappa shape index (κ2) is 13.4. The molecule has 1 saturated heterocycles. The second-order valence-electron chi connectivity index (χ2n) is 8.88. The SMILES string of the molecule is COCCOCCOc1cc(C(C)C)c(/C=C/C2CC(O)CC(=O)O2)c(-c2ccc(F)cc2)c1OC. The Labute approximate surface area is 211 Å². The molecule has 0 amide bonds. The van der Waals surface area contributed by atoms with Gasteiger partial charge in [0.15, 0.2) is 11.5 Å². The van der Waals surface area contributed by atoms with Gasteiger partial charge in [-0.15, -0.1) is 0 Å². The van der Waals surface area contributed by atoms with E-state index in [0.717, 1.165) is 22.3 Å². The first kappa shape index (κ1) is 27.6. The summed E-state index contributed by atoms with van der Waals surface area (Å²) in [5.41, 5.74) is 3.30. The van der Waals surface area contributed by atoms with Crippen LogP contribution >= 0.6 is 0 Å². The predicted octanol–water partition coefficient (Wildman–Crippen LogP) is 4.75. The lowest BCUT2D eigenvalue weighted by atomic mass is 9.88. The summed E-state index contributed by atoms with van der Waals surface area (Å²) in [4.78, 5) is 11.8. The maximum Gasteiger partial charge on any atom is 0.309 e.